The summed E-state index contributed by atoms with van der Waals surface area (Å²) in [5, 5.41) is 8.96. The third-order valence-corrected chi connectivity index (χ3v) is 4.04. The molecular weight excluding hydrogens is 284 g/mol. The van der Waals surface area contributed by atoms with Crippen LogP contribution in [0.4, 0.5) is 0 Å². The van der Waals surface area contributed by atoms with E-state index in [1.54, 1.807) is 24.3 Å². The molecule has 1 atom stereocenters. The number of rotatable bonds is 2. The van der Waals surface area contributed by atoms with Gasteiger partial charge in [0.15, 0.2) is 11.5 Å². The minimum atomic E-state index is -0.926. The number of carbonyl (C=O) groups is 1. The van der Waals surface area contributed by atoms with E-state index in [4.69, 9.17) is 19.3 Å². The summed E-state index contributed by atoms with van der Waals surface area (Å²) in [5.41, 5.74) is 2.35. The van der Waals surface area contributed by atoms with Gasteiger partial charge in [0.05, 0.1) is 5.56 Å². The van der Waals surface area contributed by atoms with Gasteiger partial charge in [-0.05, 0) is 42.2 Å². The topological polar surface area (TPSA) is 65.0 Å². The van der Waals surface area contributed by atoms with Gasteiger partial charge in [-0.25, -0.2) is 4.79 Å². The predicted molar refractivity (Wildman–Crippen MR) is 77.7 cm³/mol. The third kappa shape index (κ3) is 2.06. The van der Waals surface area contributed by atoms with E-state index in [2.05, 4.69) is 0 Å². The van der Waals surface area contributed by atoms with Gasteiger partial charge in [-0.15, -0.1) is 0 Å². The SMILES string of the molecule is O=C(O)c1ccc(C2CCc3ccc4c(c3O2)OCO4)cc1. The van der Waals surface area contributed by atoms with Crippen molar-refractivity contribution in [3.05, 3.63) is 53.1 Å². The second-order valence-electron chi connectivity index (χ2n) is 5.36. The highest BCUT2D eigenvalue weighted by Crippen LogP contribution is 2.48. The van der Waals surface area contributed by atoms with E-state index >= 15 is 0 Å². The van der Waals surface area contributed by atoms with Crippen LogP contribution in [0.15, 0.2) is 36.4 Å². The van der Waals surface area contributed by atoms with Gasteiger partial charge in [-0.2, -0.15) is 0 Å². The van der Waals surface area contributed by atoms with E-state index < -0.39 is 5.97 Å². The Balaban J connectivity index is 1.64. The normalized spacial score (nSPS) is 18.5. The second kappa shape index (κ2) is 4.94. The molecule has 0 saturated carbocycles. The maximum Gasteiger partial charge on any atom is 0.335 e. The van der Waals surface area contributed by atoms with Gasteiger partial charge in [0.2, 0.25) is 12.5 Å². The third-order valence-electron chi connectivity index (χ3n) is 4.04. The van der Waals surface area contributed by atoms with Crippen LogP contribution in [0.2, 0.25) is 0 Å². The van der Waals surface area contributed by atoms with E-state index in [9.17, 15) is 4.79 Å². The number of carboxylic acids is 1. The average molecular weight is 298 g/mol. The molecule has 0 spiro atoms. The highest BCUT2D eigenvalue weighted by atomic mass is 16.7. The van der Waals surface area contributed by atoms with Crippen molar-refractivity contribution in [2.75, 3.05) is 6.79 Å². The molecule has 4 rings (SSSR count). The van der Waals surface area contributed by atoms with E-state index in [0.29, 0.717) is 11.5 Å². The Kier molecular flexibility index (Phi) is 2.92. The number of benzene rings is 2. The minimum Gasteiger partial charge on any atom is -0.481 e. The number of hydrogen-bond acceptors (Lipinski definition) is 4. The van der Waals surface area contributed by atoms with Gasteiger partial charge in [0.25, 0.3) is 0 Å². The van der Waals surface area contributed by atoms with Gasteiger partial charge in [-0.1, -0.05) is 18.2 Å². The van der Waals surface area contributed by atoms with Crippen LogP contribution in [0.25, 0.3) is 0 Å². The van der Waals surface area contributed by atoms with Crippen LogP contribution in [0, 0.1) is 0 Å². The Bertz CT molecular complexity index is 735. The van der Waals surface area contributed by atoms with E-state index in [1.807, 2.05) is 12.1 Å². The van der Waals surface area contributed by atoms with Crippen molar-refractivity contribution in [2.24, 2.45) is 0 Å². The molecule has 112 valence electrons. The molecule has 0 aliphatic carbocycles. The second-order valence-corrected chi connectivity index (χ2v) is 5.36. The molecule has 0 bridgehead atoms. The Morgan fingerprint density at radius 3 is 2.64 bits per heavy atom. The monoisotopic (exact) mass is 298 g/mol. The van der Waals surface area contributed by atoms with Gasteiger partial charge in [0.1, 0.15) is 6.10 Å². The molecule has 2 aromatic rings. The Hall–Kier alpha value is -2.69. The zero-order valence-corrected chi connectivity index (χ0v) is 11.7. The first kappa shape index (κ1) is 13.0. The van der Waals surface area contributed by atoms with Crippen LogP contribution in [-0.4, -0.2) is 17.9 Å². The van der Waals surface area contributed by atoms with Gasteiger partial charge < -0.3 is 19.3 Å². The quantitative estimate of drug-likeness (QED) is 0.922. The number of aryl methyl sites for hydroxylation is 1. The highest BCUT2D eigenvalue weighted by molar-refractivity contribution is 5.87. The first-order valence-corrected chi connectivity index (χ1v) is 7.14. The molecule has 0 fully saturated rings. The van der Waals surface area contributed by atoms with Crippen molar-refractivity contribution >= 4 is 5.97 Å². The van der Waals surface area contributed by atoms with Crippen molar-refractivity contribution in [2.45, 2.75) is 18.9 Å². The predicted octanol–water partition coefficient (Wildman–Crippen LogP) is 3.18. The number of carboxylic acid groups (broad SMARTS) is 1. The summed E-state index contributed by atoms with van der Waals surface area (Å²) in [6.07, 6.45) is 1.63. The van der Waals surface area contributed by atoms with Crippen molar-refractivity contribution in [1.29, 1.82) is 0 Å². The number of aromatic carboxylic acids is 1. The highest BCUT2D eigenvalue weighted by Gasteiger charge is 2.29. The summed E-state index contributed by atoms with van der Waals surface area (Å²) >= 11 is 0. The summed E-state index contributed by atoms with van der Waals surface area (Å²) in [7, 11) is 0. The van der Waals surface area contributed by atoms with Crippen LogP contribution >= 0.6 is 0 Å². The molecule has 5 heteroatoms. The molecule has 2 aromatic carbocycles. The number of hydrogen-bond donors (Lipinski definition) is 1. The van der Waals surface area contributed by atoms with Crippen LogP contribution in [-0.2, 0) is 6.42 Å². The van der Waals surface area contributed by atoms with Gasteiger partial charge in [-0.3, -0.25) is 0 Å². The molecule has 1 N–H and O–H groups in total. The molecule has 0 saturated heterocycles. The summed E-state index contributed by atoms with van der Waals surface area (Å²) < 4.78 is 17.0. The van der Waals surface area contributed by atoms with Crippen molar-refractivity contribution < 1.29 is 24.1 Å². The molecular formula is C17H14O5. The Morgan fingerprint density at radius 2 is 1.86 bits per heavy atom. The molecule has 22 heavy (non-hydrogen) atoms. The summed E-state index contributed by atoms with van der Waals surface area (Å²) in [4.78, 5) is 10.9. The fraction of sp³-hybridized carbons (Fsp3) is 0.235. The number of fused-ring (bicyclic) bond motifs is 3. The molecule has 2 aliphatic heterocycles. The molecule has 1 unspecified atom stereocenters. The van der Waals surface area contributed by atoms with E-state index in [-0.39, 0.29) is 18.5 Å². The first-order chi connectivity index (χ1) is 10.7. The summed E-state index contributed by atoms with van der Waals surface area (Å²) in [6.45, 7) is 0.215. The molecule has 0 radical (unpaired) electrons. The summed E-state index contributed by atoms with van der Waals surface area (Å²) in [5.74, 6) is 1.20. The zero-order valence-electron chi connectivity index (χ0n) is 11.7. The zero-order chi connectivity index (χ0) is 15.1. The van der Waals surface area contributed by atoms with Crippen molar-refractivity contribution in [3.63, 3.8) is 0 Å². The average Bonchev–Trinajstić information content (AvgIpc) is 3.03. The lowest BCUT2D eigenvalue weighted by Crippen LogP contribution is -2.15. The molecule has 2 aliphatic rings. The van der Waals surface area contributed by atoms with Crippen LogP contribution in [0.5, 0.6) is 17.2 Å². The Morgan fingerprint density at radius 1 is 1.05 bits per heavy atom. The van der Waals surface area contributed by atoms with Crippen LogP contribution in [0.1, 0.15) is 34.0 Å². The molecule has 0 amide bonds. The number of ether oxygens (including phenoxy) is 3. The standard InChI is InChI=1S/C17H14O5/c18-17(19)12-3-1-10(2-4-12)13-7-5-11-6-8-14-16(15(11)22-13)21-9-20-14/h1-4,6,8,13H,5,7,9H2,(H,18,19). The Labute approximate surface area is 127 Å². The smallest absolute Gasteiger partial charge is 0.335 e. The van der Waals surface area contributed by atoms with Gasteiger partial charge >= 0.3 is 5.97 Å². The maximum absolute atomic E-state index is 10.9. The van der Waals surface area contributed by atoms with Gasteiger partial charge in [0, 0.05) is 0 Å². The lowest BCUT2D eigenvalue weighted by Gasteiger charge is -2.27. The molecule has 0 aromatic heterocycles. The van der Waals surface area contributed by atoms with Crippen LogP contribution < -0.4 is 14.2 Å². The lowest BCUT2D eigenvalue weighted by atomic mass is 9.96. The maximum atomic E-state index is 10.9. The largest absolute Gasteiger partial charge is 0.481 e. The fourth-order valence-corrected chi connectivity index (χ4v) is 2.88. The van der Waals surface area contributed by atoms with Crippen molar-refractivity contribution in [3.8, 4) is 17.2 Å². The van der Waals surface area contributed by atoms with Crippen molar-refractivity contribution in [1.82, 2.24) is 0 Å². The van der Waals surface area contributed by atoms with E-state index in [0.717, 1.165) is 29.7 Å². The minimum absolute atomic E-state index is 0.106. The van der Waals surface area contributed by atoms with Crippen LogP contribution in [0.3, 0.4) is 0 Å². The molecule has 2 heterocycles. The molecule has 5 nitrogen and oxygen atoms in total. The summed E-state index contributed by atoms with van der Waals surface area (Å²) in [6, 6.07) is 10.7. The van der Waals surface area contributed by atoms with E-state index in [1.165, 1.54) is 0 Å². The first-order valence-electron chi connectivity index (χ1n) is 7.14. The lowest BCUT2D eigenvalue weighted by molar-refractivity contribution is 0.0696. The fourth-order valence-electron chi connectivity index (χ4n) is 2.88.